The van der Waals surface area contributed by atoms with Crippen molar-refractivity contribution in [2.75, 3.05) is 26.8 Å². The van der Waals surface area contributed by atoms with Crippen molar-refractivity contribution >= 4 is 26.8 Å². The number of para-hydroxylation sites is 1. The first kappa shape index (κ1) is 22.4. The van der Waals surface area contributed by atoms with Gasteiger partial charge >= 0.3 is 0 Å². The van der Waals surface area contributed by atoms with E-state index >= 15 is 0 Å². The molecule has 5 nitrogen and oxygen atoms in total. The Labute approximate surface area is 196 Å². The first-order valence-corrected chi connectivity index (χ1v) is 11.5. The fourth-order valence-corrected chi connectivity index (χ4v) is 4.17. The molecular weight excluding hydrogens is 468 g/mol. The Morgan fingerprint density at radius 2 is 1.66 bits per heavy atom. The van der Waals surface area contributed by atoms with Gasteiger partial charge in [-0.05, 0) is 53.6 Å². The number of hydrogen-bond acceptors (Lipinski definition) is 3. The summed E-state index contributed by atoms with van der Waals surface area (Å²) in [5, 5.41) is 13.8. The average Bonchev–Trinajstić information content (AvgIpc) is 3.25. The molecule has 4 aromatic rings. The molecule has 1 heterocycles. The van der Waals surface area contributed by atoms with Crippen molar-refractivity contribution in [2.24, 2.45) is 0 Å². The van der Waals surface area contributed by atoms with Crippen LogP contribution in [0.1, 0.15) is 17.0 Å². The zero-order valence-electron chi connectivity index (χ0n) is 18.0. The fraction of sp³-hybridized carbons (Fsp3) is 0.231. The quantitative estimate of drug-likeness (QED) is 0.310. The predicted molar refractivity (Wildman–Crippen MR) is 130 cm³/mol. The zero-order chi connectivity index (χ0) is 22.3. The lowest BCUT2D eigenvalue weighted by Crippen LogP contribution is -2.87. The van der Waals surface area contributed by atoms with Crippen LogP contribution in [0, 0.1) is 0 Å². The topological polar surface area (TPSA) is 71.1 Å². The molecule has 0 bridgehead atoms. The Morgan fingerprint density at radius 3 is 2.41 bits per heavy atom. The van der Waals surface area contributed by atoms with Crippen LogP contribution in [0.3, 0.4) is 0 Å². The molecule has 1 aromatic heterocycles. The maximum absolute atomic E-state index is 10.4. The van der Waals surface area contributed by atoms with Crippen molar-refractivity contribution in [3.05, 3.63) is 94.6 Å². The third-order valence-corrected chi connectivity index (χ3v) is 6.14. The van der Waals surface area contributed by atoms with Crippen LogP contribution in [0.5, 0.6) is 11.5 Å². The molecular formula is C26H28BrN2O3+. The number of nitrogens with two attached hydrogens (primary N) is 1. The standard InChI is InChI=1S/C26H27BrN2O3/c1-31-21-10-6-18(7-11-21)24(25-16-29-26-5-3-2-4-23(25)26)15-28-14-20(30)17-32-22-12-8-19(27)9-13-22/h2-13,16,20,24,28-30H,14-15,17H2,1H3/p+1/t20-,24-/m1/s1. The van der Waals surface area contributed by atoms with Gasteiger partial charge in [-0.1, -0.05) is 46.3 Å². The van der Waals surface area contributed by atoms with E-state index in [0.717, 1.165) is 28.0 Å². The van der Waals surface area contributed by atoms with Gasteiger partial charge in [0.05, 0.1) is 19.6 Å². The molecule has 0 saturated carbocycles. The summed E-state index contributed by atoms with van der Waals surface area (Å²) < 4.78 is 12.0. The van der Waals surface area contributed by atoms with Gasteiger partial charge in [0.15, 0.2) is 0 Å². The lowest BCUT2D eigenvalue weighted by Gasteiger charge is -2.18. The number of ether oxygens (including phenoxy) is 2. The Bertz CT molecular complexity index is 1130. The molecule has 32 heavy (non-hydrogen) atoms. The van der Waals surface area contributed by atoms with Crippen molar-refractivity contribution in [1.29, 1.82) is 0 Å². The molecule has 0 saturated heterocycles. The van der Waals surface area contributed by atoms with E-state index in [9.17, 15) is 5.11 Å². The number of hydrogen-bond donors (Lipinski definition) is 3. The molecule has 0 amide bonds. The number of aliphatic hydroxyl groups is 1. The molecule has 3 aromatic carbocycles. The lowest BCUT2D eigenvalue weighted by molar-refractivity contribution is -0.662. The largest absolute Gasteiger partial charge is 0.497 e. The van der Waals surface area contributed by atoms with Crippen molar-refractivity contribution in [3.63, 3.8) is 0 Å². The van der Waals surface area contributed by atoms with Gasteiger partial charge in [0.2, 0.25) is 0 Å². The van der Waals surface area contributed by atoms with E-state index in [-0.39, 0.29) is 12.5 Å². The maximum atomic E-state index is 10.4. The summed E-state index contributed by atoms with van der Waals surface area (Å²) >= 11 is 3.41. The van der Waals surface area contributed by atoms with E-state index in [1.807, 2.05) is 42.5 Å². The minimum absolute atomic E-state index is 0.177. The second-order valence-corrected chi connectivity index (χ2v) is 8.71. The summed E-state index contributed by atoms with van der Waals surface area (Å²) in [6.07, 6.45) is 1.54. The van der Waals surface area contributed by atoms with Crippen molar-refractivity contribution in [1.82, 2.24) is 4.98 Å². The summed E-state index contributed by atoms with van der Waals surface area (Å²) in [7, 11) is 1.68. The van der Waals surface area contributed by atoms with Crippen LogP contribution in [-0.2, 0) is 0 Å². The zero-order valence-corrected chi connectivity index (χ0v) is 19.6. The Hall–Kier alpha value is -2.80. The van der Waals surface area contributed by atoms with E-state index in [2.05, 4.69) is 62.8 Å². The van der Waals surface area contributed by atoms with E-state index in [1.54, 1.807) is 7.11 Å². The number of halogens is 1. The highest BCUT2D eigenvalue weighted by molar-refractivity contribution is 9.10. The van der Waals surface area contributed by atoms with Gasteiger partial charge in [-0.25, -0.2) is 0 Å². The molecule has 0 aliphatic heterocycles. The smallest absolute Gasteiger partial charge is 0.137 e. The summed E-state index contributed by atoms with van der Waals surface area (Å²) in [6, 6.07) is 24.2. The second-order valence-electron chi connectivity index (χ2n) is 7.79. The van der Waals surface area contributed by atoms with Crippen LogP contribution in [-0.4, -0.2) is 43.0 Å². The average molecular weight is 496 g/mol. The Balaban J connectivity index is 1.42. The molecule has 0 fully saturated rings. The number of benzene rings is 3. The van der Waals surface area contributed by atoms with E-state index < -0.39 is 6.10 Å². The first-order valence-electron chi connectivity index (χ1n) is 10.7. The number of methoxy groups -OCH3 is 1. The first-order chi connectivity index (χ1) is 15.6. The van der Waals surface area contributed by atoms with Gasteiger partial charge in [0.1, 0.15) is 30.8 Å². The summed E-state index contributed by atoms with van der Waals surface area (Å²) in [5.74, 6) is 1.77. The van der Waals surface area contributed by atoms with Crippen LogP contribution >= 0.6 is 15.9 Å². The summed E-state index contributed by atoms with van der Waals surface area (Å²) in [6.45, 7) is 1.63. The number of H-pyrrole nitrogens is 1. The summed E-state index contributed by atoms with van der Waals surface area (Å²) in [4.78, 5) is 3.39. The molecule has 0 aliphatic carbocycles. The normalized spacial score (nSPS) is 13.1. The van der Waals surface area contributed by atoms with E-state index in [4.69, 9.17) is 9.47 Å². The molecule has 0 aliphatic rings. The van der Waals surface area contributed by atoms with Gasteiger partial charge in [-0.15, -0.1) is 0 Å². The van der Waals surface area contributed by atoms with Gasteiger partial charge in [0.25, 0.3) is 0 Å². The highest BCUT2D eigenvalue weighted by Gasteiger charge is 2.21. The third kappa shape index (κ3) is 5.51. The van der Waals surface area contributed by atoms with Gasteiger partial charge in [-0.2, -0.15) is 0 Å². The molecule has 0 spiro atoms. The molecule has 2 atom stereocenters. The van der Waals surface area contributed by atoms with E-state index in [0.29, 0.717) is 6.54 Å². The Kier molecular flexibility index (Phi) is 7.47. The van der Waals surface area contributed by atoms with Crippen LogP contribution in [0.15, 0.2) is 83.5 Å². The summed E-state index contributed by atoms with van der Waals surface area (Å²) in [5.41, 5.74) is 3.60. The number of rotatable bonds is 10. The van der Waals surface area contributed by atoms with Gasteiger partial charge < -0.3 is 24.9 Å². The molecule has 4 rings (SSSR count). The van der Waals surface area contributed by atoms with Crippen LogP contribution < -0.4 is 14.8 Å². The predicted octanol–water partition coefficient (Wildman–Crippen LogP) is 4.07. The van der Waals surface area contributed by atoms with Crippen LogP contribution in [0.4, 0.5) is 0 Å². The minimum Gasteiger partial charge on any atom is -0.497 e. The third-order valence-electron chi connectivity index (χ3n) is 5.61. The molecule has 166 valence electrons. The number of fused-ring (bicyclic) bond motifs is 1. The minimum atomic E-state index is -0.557. The SMILES string of the molecule is COc1ccc([C@@H](C[NH2+]C[C@@H](O)COc2ccc(Br)cc2)c2c[nH]c3ccccc23)cc1. The van der Waals surface area contributed by atoms with Gasteiger partial charge in [-0.3, -0.25) is 0 Å². The van der Waals surface area contributed by atoms with Crippen LogP contribution in [0.25, 0.3) is 10.9 Å². The monoisotopic (exact) mass is 495 g/mol. The Morgan fingerprint density at radius 1 is 0.938 bits per heavy atom. The second kappa shape index (κ2) is 10.7. The number of aromatic amines is 1. The maximum Gasteiger partial charge on any atom is 0.137 e. The number of aliphatic hydroxyl groups excluding tert-OH is 1. The number of nitrogens with one attached hydrogen (secondary N) is 1. The fourth-order valence-electron chi connectivity index (χ4n) is 3.91. The van der Waals surface area contributed by atoms with E-state index in [1.165, 1.54) is 16.5 Å². The molecule has 0 radical (unpaired) electrons. The molecule has 6 heteroatoms. The van der Waals surface area contributed by atoms with Crippen molar-refractivity contribution in [2.45, 2.75) is 12.0 Å². The molecule has 4 N–H and O–H groups in total. The van der Waals surface area contributed by atoms with Crippen molar-refractivity contribution in [3.8, 4) is 11.5 Å². The lowest BCUT2D eigenvalue weighted by atomic mass is 9.90. The van der Waals surface area contributed by atoms with Gasteiger partial charge in [0, 0.05) is 21.6 Å². The highest BCUT2D eigenvalue weighted by atomic mass is 79.9. The van der Waals surface area contributed by atoms with Crippen molar-refractivity contribution < 1.29 is 19.9 Å². The highest BCUT2D eigenvalue weighted by Crippen LogP contribution is 2.30. The number of quaternary nitrogens is 1. The number of aromatic nitrogens is 1. The molecule has 0 unspecified atom stereocenters. The van der Waals surface area contributed by atoms with Crippen LogP contribution in [0.2, 0.25) is 0 Å².